The molecule has 0 atom stereocenters. The number of hydrogen-bond donors (Lipinski definition) is 6. The fourth-order valence-corrected chi connectivity index (χ4v) is 0.0500. The molecule has 0 aliphatic carbocycles. The van der Waals surface area contributed by atoms with Crippen LogP contribution in [0.3, 0.4) is 0 Å². The highest BCUT2D eigenvalue weighted by Gasteiger charge is 2.13. The number of nitrogens with zero attached hydrogens (tertiary/aromatic N) is 1. The first kappa shape index (κ1) is 18.8. The van der Waals surface area contributed by atoms with E-state index in [1.54, 1.807) is 13.8 Å². The summed E-state index contributed by atoms with van der Waals surface area (Å²) < 4.78 is 0. The van der Waals surface area contributed by atoms with Gasteiger partial charge in [0.2, 0.25) is 0 Å². The normalized spacial score (nSPS) is 8.43. The Bertz CT molecular complexity index is 139. The Labute approximate surface area is 83.2 Å². The molecular weight excluding hydrogens is 191 g/mol. The lowest BCUT2D eigenvalue weighted by Gasteiger charge is -2.16. The zero-order valence-electron chi connectivity index (χ0n) is 8.25. The van der Waals surface area contributed by atoms with Crippen molar-refractivity contribution in [2.24, 2.45) is 11.1 Å². The van der Waals surface area contributed by atoms with Gasteiger partial charge in [-0.1, -0.05) is 13.8 Å². The van der Waals surface area contributed by atoms with E-state index in [2.05, 4.69) is 5.73 Å². The van der Waals surface area contributed by atoms with Gasteiger partial charge >= 0.3 is 7.32 Å². The highest BCUT2D eigenvalue weighted by molar-refractivity contribution is 6.30. The standard InChI is InChI=1S/C5H12O2.CH2N2.BH3O3/c1-5(2,3-6)4-7;2-1-3;2-1(3)4/h6-7H,3-4H2,1-2H3;2H2;2-4H. The summed E-state index contributed by atoms with van der Waals surface area (Å²) in [6.45, 7) is 3.69. The van der Waals surface area contributed by atoms with Gasteiger partial charge in [0.15, 0.2) is 6.19 Å². The van der Waals surface area contributed by atoms with Gasteiger partial charge < -0.3 is 31.0 Å². The van der Waals surface area contributed by atoms with Crippen molar-refractivity contribution in [2.45, 2.75) is 13.8 Å². The monoisotopic (exact) mass is 208 g/mol. The van der Waals surface area contributed by atoms with Gasteiger partial charge in [0.05, 0.1) is 13.2 Å². The average molecular weight is 208 g/mol. The molecule has 0 rings (SSSR count). The summed E-state index contributed by atoms with van der Waals surface area (Å²) in [5.41, 5.74) is 3.85. The second-order valence-corrected chi connectivity index (χ2v) is 2.96. The smallest absolute Gasteiger partial charge is 0.402 e. The van der Waals surface area contributed by atoms with Gasteiger partial charge in [-0.25, -0.2) is 0 Å². The fraction of sp³-hybridized carbons (Fsp3) is 0.833. The Kier molecular flexibility index (Phi) is 16.4. The molecule has 0 unspecified atom stereocenters. The zero-order valence-corrected chi connectivity index (χ0v) is 8.25. The molecule has 7 nitrogen and oxygen atoms in total. The Balaban J connectivity index is -0.000000147. The minimum Gasteiger partial charge on any atom is -0.402 e. The van der Waals surface area contributed by atoms with Gasteiger partial charge in [0.1, 0.15) is 0 Å². The highest BCUT2D eigenvalue weighted by atomic mass is 16.5. The van der Waals surface area contributed by atoms with Crippen LogP contribution in [0.15, 0.2) is 0 Å². The van der Waals surface area contributed by atoms with Crippen LogP contribution in [-0.4, -0.2) is 45.8 Å². The molecule has 0 aliphatic heterocycles. The third kappa shape index (κ3) is 43.3. The predicted molar refractivity (Wildman–Crippen MR) is 50.2 cm³/mol. The molecule has 0 heterocycles. The first-order chi connectivity index (χ1) is 6.27. The Hall–Kier alpha value is -0.845. The molecule has 0 radical (unpaired) electrons. The van der Waals surface area contributed by atoms with Crippen molar-refractivity contribution in [3.8, 4) is 6.19 Å². The average Bonchev–Trinajstić information content (AvgIpc) is 2.05. The third-order valence-electron chi connectivity index (χ3n) is 0.856. The SMILES string of the molecule is CC(C)(CO)CO.N#CN.OB(O)O. The minimum absolute atomic E-state index is 0.0451. The summed E-state index contributed by atoms with van der Waals surface area (Å²) >= 11 is 0. The number of aliphatic hydroxyl groups excluding tert-OH is 2. The summed E-state index contributed by atoms with van der Waals surface area (Å²) in [6, 6.07) is 0. The van der Waals surface area contributed by atoms with Crippen LogP contribution in [0.5, 0.6) is 0 Å². The van der Waals surface area contributed by atoms with Crippen molar-refractivity contribution in [1.82, 2.24) is 0 Å². The van der Waals surface area contributed by atoms with Gasteiger partial charge in [-0.2, -0.15) is 5.26 Å². The molecule has 0 saturated carbocycles. The lowest BCUT2D eigenvalue weighted by molar-refractivity contribution is 0.0857. The van der Waals surface area contributed by atoms with Crippen molar-refractivity contribution >= 4 is 7.32 Å². The van der Waals surface area contributed by atoms with Crippen LogP contribution in [0.25, 0.3) is 0 Å². The fourth-order valence-electron chi connectivity index (χ4n) is 0.0500. The van der Waals surface area contributed by atoms with Gasteiger partial charge in [-0.3, -0.25) is 0 Å². The molecule has 0 amide bonds. The highest BCUT2D eigenvalue weighted by Crippen LogP contribution is 2.10. The molecule has 7 N–H and O–H groups in total. The maximum atomic E-state index is 8.43. The van der Waals surface area contributed by atoms with Gasteiger partial charge in [0.25, 0.3) is 0 Å². The van der Waals surface area contributed by atoms with E-state index >= 15 is 0 Å². The van der Waals surface area contributed by atoms with Crippen molar-refractivity contribution in [1.29, 1.82) is 5.26 Å². The molecule has 0 fully saturated rings. The molecule has 0 aromatic carbocycles. The third-order valence-corrected chi connectivity index (χ3v) is 0.856. The van der Waals surface area contributed by atoms with Crippen molar-refractivity contribution in [3.63, 3.8) is 0 Å². The number of hydrogen-bond acceptors (Lipinski definition) is 7. The summed E-state index contributed by atoms with van der Waals surface area (Å²) in [7, 11) is -2.17. The van der Waals surface area contributed by atoms with E-state index in [9.17, 15) is 0 Å². The minimum atomic E-state index is -2.17. The maximum Gasteiger partial charge on any atom is 0.631 e. The molecule has 0 aromatic heterocycles. The molecule has 14 heavy (non-hydrogen) atoms. The molecule has 0 aliphatic rings. The van der Waals surface area contributed by atoms with Crippen LogP contribution in [0.2, 0.25) is 0 Å². The molecule has 0 bridgehead atoms. The Morgan fingerprint density at radius 3 is 1.36 bits per heavy atom. The van der Waals surface area contributed by atoms with E-state index < -0.39 is 7.32 Å². The number of nitriles is 1. The van der Waals surface area contributed by atoms with Gasteiger partial charge in [-0.15, -0.1) is 0 Å². The van der Waals surface area contributed by atoms with Crippen LogP contribution in [0, 0.1) is 16.9 Å². The van der Waals surface area contributed by atoms with E-state index in [1.807, 2.05) is 0 Å². The molecular formula is C6H17BN2O5. The van der Waals surface area contributed by atoms with E-state index in [0.29, 0.717) is 0 Å². The Morgan fingerprint density at radius 2 is 1.36 bits per heavy atom. The lowest BCUT2D eigenvalue weighted by Crippen LogP contribution is -2.20. The Morgan fingerprint density at radius 1 is 1.21 bits per heavy atom. The second-order valence-electron chi connectivity index (χ2n) is 2.96. The molecule has 8 heteroatoms. The van der Waals surface area contributed by atoms with Crippen molar-refractivity contribution in [3.05, 3.63) is 0 Å². The number of aliphatic hydroxyl groups is 2. The summed E-state index contributed by atoms with van der Waals surface area (Å²) in [5, 5.41) is 45.5. The maximum absolute atomic E-state index is 8.43. The number of nitrogens with two attached hydrogens (primary N) is 1. The van der Waals surface area contributed by atoms with Crippen molar-refractivity contribution in [2.75, 3.05) is 13.2 Å². The molecule has 0 aromatic rings. The number of rotatable bonds is 2. The van der Waals surface area contributed by atoms with Crippen LogP contribution in [0.4, 0.5) is 0 Å². The van der Waals surface area contributed by atoms with Crippen LogP contribution in [0.1, 0.15) is 13.8 Å². The topological polar surface area (TPSA) is 151 Å². The first-order valence-corrected chi connectivity index (χ1v) is 3.63. The lowest BCUT2D eigenvalue weighted by atomic mass is 9.97. The van der Waals surface area contributed by atoms with E-state index in [0.717, 1.165) is 0 Å². The summed E-state index contributed by atoms with van der Waals surface area (Å²) in [6.07, 6.45) is 1.25. The molecule has 0 spiro atoms. The van der Waals surface area contributed by atoms with Crippen molar-refractivity contribution < 1.29 is 25.3 Å². The molecule has 0 saturated heterocycles. The predicted octanol–water partition coefficient (Wildman–Crippen LogP) is -2.63. The van der Waals surface area contributed by atoms with Crippen LogP contribution < -0.4 is 5.73 Å². The molecule has 84 valence electrons. The second kappa shape index (κ2) is 12.2. The van der Waals surface area contributed by atoms with E-state index in [-0.39, 0.29) is 18.6 Å². The van der Waals surface area contributed by atoms with Gasteiger partial charge in [-0.05, 0) is 0 Å². The quantitative estimate of drug-likeness (QED) is 0.165. The van der Waals surface area contributed by atoms with Gasteiger partial charge in [0, 0.05) is 5.41 Å². The zero-order chi connectivity index (χ0) is 12.2. The van der Waals surface area contributed by atoms with Crippen LogP contribution >= 0.6 is 0 Å². The van der Waals surface area contributed by atoms with Crippen LogP contribution in [-0.2, 0) is 0 Å². The van der Waals surface area contributed by atoms with E-state index in [1.165, 1.54) is 6.19 Å². The van der Waals surface area contributed by atoms with E-state index in [4.69, 9.17) is 30.5 Å². The first-order valence-electron chi connectivity index (χ1n) is 3.63. The summed E-state index contributed by atoms with van der Waals surface area (Å²) in [4.78, 5) is 0. The largest absolute Gasteiger partial charge is 0.631 e. The summed E-state index contributed by atoms with van der Waals surface area (Å²) in [5.74, 6) is 0.